The monoisotopic (exact) mass is 257 g/mol. The Bertz CT molecular complexity index is 357. The fraction of sp³-hybridized carbons (Fsp3) is 0.583. The van der Waals surface area contributed by atoms with Crippen LogP contribution in [0.1, 0.15) is 22.5 Å². The third-order valence-corrected chi connectivity index (χ3v) is 4.64. The number of hydrogen-bond donors (Lipinski definition) is 0. The van der Waals surface area contributed by atoms with E-state index in [-0.39, 0.29) is 18.3 Å². The summed E-state index contributed by atoms with van der Waals surface area (Å²) in [5.74, 6) is 1.33. The van der Waals surface area contributed by atoms with Gasteiger partial charge in [0.2, 0.25) is 0 Å². The Labute approximate surface area is 106 Å². The van der Waals surface area contributed by atoms with Crippen molar-refractivity contribution in [2.75, 3.05) is 19.6 Å². The second kappa shape index (κ2) is 4.86. The van der Waals surface area contributed by atoms with Gasteiger partial charge in [-0.2, -0.15) is 0 Å². The third kappa shape index (κ3) is 2.04. The number of Topliss-reactive ketones (excluding diaryl/α,β-unsaturated/α-hetero) is 1. The molecular weight excluding hydrogens is 242 g/mol. The number of piperidine rings is 3. The first-order chi connectivity index (χ1) is 7.34. The van der Waals surface area contributed by atoms with E-state index in [9.17, 15) is 4.79 Å². The molecule has 16 heavy (non-hydrogen) atoms. The van der Waals surface area contributed by atoms with E-state index in [4.69, 9.17) is 0 Å². The number of halogens is 1. The van der Waals surface area contributed by atoms with E-state index in [1.807, 2.05) is 17.5 Å². The van der Waals surface area contributed by atoms with Gasteiger partial charge in [0, 0.05) is 12.5 Å². The highest BCUT2D eigenvalue weighted by molar-refractivity contribution is 7.12. The highest BCUT2D eigenvalue weighted by Gasteiger charge is 2.38. The van der Waals surface area contributed by atoms with E-state index >= 15 is 0 Å². The quantitative estimate of drug-likeness (QED) is 0.760. The first kappa shape index (κ1) is 12.1. The van der Waals surface area contributed by atoms with Gasteiger partial charge in [-0.25, -0.2) is 0 Å². The zero-order chi connectivity index (χ0) is 10.3. The topological polar surface area (TPSA) is 20.3 Å². The lowest BCUT2D eigenvalue weighted by Crippen LogP contribution is -2.49. The molecule has 0 N–H and O–H groups in total. The molecule has 3 aliphatic rings. The molecule has 1 aromatic rings. The highest BCUT2D eigenvalue weighted by atomic mass is 35.5. The van der Waals surface area contributed by atoms with Gasteiger partial charge in [-0.3, -0.25) is 4.79 Å². The molecule has 3 aliphatic heterocycles. The Morgan fingerprint density at radius 2 is 2.12 bits per heavy atom. The molecule has 1 unspecified atom stereocenters. The third-order valence-electron chi connectivity index (χ3n) is 3.76. The predicted molar refractivity (Wildman–Crippen MR) is 68.6 cm³/mol. The second-order valence-corrected chi connectivity index (χ2v) is 5.53. The fourth-order valence-corrected chi connectivity index (χ4v) is 3.59. The molecule has 0 aromatic carbocycles. The Kier molecular flexibility index (Phi) is 3.67. The Morgan fingerprint density at radius 1 is 1.38 bits per heavy atom. The summed E-state index contributed by atoms with van der Waals surface area (Å²) in [7, 11) is 0. The number of ketones is 1. The molecule has 3 saturated heterocycles. The molecule has 0 saturated carbocycles. The van der Waals surface area contributed by atoms with Crippen molar-refractivity contribution in [1.82, 2.24) is 4.90 Å². The zero-order valence-corrected chi connectivity index (χ0v) is 10.7. The summed E-state index contributed by atoms with van der Waals surface area (Å²) in [4.78, 5) is 15.6. The van der Waals surface area contributed by atoms with Crippen molar-refractivity contribution in [3.05, 3.63) is 22.4 Å². The van der Waals surface area contributed by atoms with Crippen LogP contribution in [0.4, 0.5) is 0 Å². The molecule has 4 heteroatoms. The Balaban J connectivity index is 0.000000963. The van der Waals surface area contributed by atoms with E-state index < -0.39 is 0 Å². The van der Waals surface area contributed by atoms with Gasteiger partial charge < -0.3 is 4.90 Å². The van der Waals surface area contributed by atoms with Crippen LogP contribution in [0.5, 0.6) is 0 Å². The van der Waals surface area contributed by atoms with Gasteiger partial charge in [0.15, 0.2) is 5.78 Å². The molecule has 0 amide bonds. The summed E-state index contributed by atoms with van der Waals surface area (Å²) in [5, 5.41) is 1.99. The smallest absolute Gasteiger partial charge is 0.177 e. The number of thiophene rings is 1. The van der Waals surface area contributed by atoms with Crippen LogP contribution in [0.2, 0.25) is 0 Å². The maximum atomic E-state index is 12.2. The van der Waals surface area contributed by atoms with Gasteiger partial charge >= 0.3 is 0 Å². The van der Waals surface area contributed by atoms with Crippen molar-refractivity contribution in [3.8, 4) is 0 Å². The largest absolute Gasteiger partial charge is 0.303 e. The van der Waals surface area contributed by atoms with Crippen LogP contribution in [0, 0.1) is 11.8 Å². The van der Waals surface area contributed by atoms with Gasteiger partial charge in [-0.05, 0) is 43.3 Å². The van der Waals surface area contributed by atoms with Crippen LogP contribution in [0.3, 0.4) is 0 Å². The lowest BCUT2D eigenvalue weighted by atomic mass is 9.76. The molecule has 3 fully saturated rings. The van der Waals surface area contributed by atoms with Gasteiger partial charge in [0.1, 0.15) is 0 Å². The van der Waals surface area contributed by atoms with Crippen LogP contribution in [-0.4, -0.2) is 30.3 Å². The minimum Gasteiger partial charge on any atom is -0.303 e. The van der Waals surface area contributed by atoms with E-state index in [1.165, 1.54) is 25.9 Å². The van der Waals surface area contributed by atoms with Crippen LogP contribution < -0.4 is 0 Å². The average molecular weight is 258 g/mol. The van der Waals surface area contributed by atoms with Crippen molar-refractivity contribution in [2.45, 2.75) is 12.8 Å². The molecular formula is C12H16ClNOS. The maximum absolute atomic E-state index is 12.2. The summed E-state index contributed by atoms with van der Waals surface area (Å²) < 4.78 is 0. The molecule has 2 bridgehead atoms. The van der Waals surface area contributed by atoms with Crippen molar-refractivity contribution in [3.63, 3.8) is 0 Å². The van der Waals surface area contributed by atoms with Gasteiger partial charge in [-0.1, -0.05) is 6.07 Å². The molecule has 88 valence electrons. The number of carbonyl (C=O) groups excluding carboxylic acids is 1. The van der Waals surface area contributed by atoms with Crippen LogP contribution in [0.15, 0.2) is 17.5 Å². The summed E-state index contributed by atoms with van der Waals surface area (Å²) in [6.45, 7) is 3.42. The molecule has 0 spiro atoms. The van der Waals surface area contributed by atoms with Crippen molar-refractivity contribution >= 4 is 29.5 Å². The molecule has 2 nitrogen and oxygen atoms in total. The molecule has 0 radical (unpaired) electrons. The minimum atomic E-state index is 0. The summed E-state index contributed by atoms with van der Waals surface area (Å²) in [5.41, 5.74) is 0. The van der Waals surface area contributed by atoms with Crippen LogP contribution in [-0.2, 0) is 0 Å². The first-order valence-electron chi connectivity index (χ1n) is 5.64. The van der Waals surface area contributed by atoms with Crippen molar-refractivity contribution < 1.29 is 4.79 Å². The van der Waals surface area contributed by atoms with Crippen molar-refractivity contribution in [2.24, 2.45) is 11.8 Å². The predicted octanol–water partition coefficient (Wildman–Crippen LogP) is 2.69. The van der Waals surface area contributed by atoms with E-state index in [0.29, 0.717) is 11.7 Å². The van der Waals surface area contributed by atoms with Gasteiger partial charge in [0.05, 0.1) is 4.88 Å². The summed E-state index contributed by atoms with van der Waals surface area (Å²) in [6, 6.07) is 3.93. The SMILES string of the molecule is Cl.O=C(c1cccs1)C1CN2CCC1CC2. The number of fused-ring (bicyclic) bond motifs is 3. The van der Waals surface area contributed by atoms with Gasteiger partial charge in [-0.15, -0.1) is 23.7 Å². The minimum absolute atomic E-state index is 0. The van der Waals surface area contributed by atoms with Gasteiger partial charge in [0.25, 0.3) is 0 Å². The van der Waals surface area contributed by atoms with E-state index in [1.54, 1.807) is 11.3 Å². The Hall–Kier alpha value is -0.380. The lowest BCUT2D eigenvalue weighted by molar-refractivity contribution is 0.0422. The fourth-order valence-electron chi connectivity index (χ4n) is 2.86. The van der Waals surface area contributed by atoms with Crippen LogP contribution in [0.25, 0.3) is 0 Å². The van der Waals surface area contributed by atoms with E-state index in [0.717, 1.165) is 11.4 Å². The second-order valence-electron chi connectivity index (χ2n) is 4.59. The normalized spacial score (nSPS) is 32.1. The zero-order valence-electron chi connectivity index (χ0n) is 9.09. The summed E-state index contributed by atoms with van der Waals surface area (Å²) in [6.07, 6.45) is 2.45. The average Bonchev–Trinajstić information content (AvgIpc) is 2.83. The number of nitrogens with zero attached hydrogens (tertiary/aromatic N) is 1. The lowest BCUT2D eigenvalue weighted by Gasteiger charge is -2.43. The number of carbonyl (C=O) groups is 1. The van der Waals surface area contributed by atoms with Crippen molar-refractivity contribution in [1.29, 1.82) is 0 Å². The Morgan fingerprint density at radius 3 is 2.62 bits per heavy atom. The molecule has 1 aromatic heterocycles. The highest BCUT2D eigenvalue weighted by Crippen LogP contribution is 2.34. The first-order valence-corrected chi connectivity index (χ1v) is 6.52. The molecule has 4 rings (SSSR count). The van der Waals surface area contributed by atoms with E-state index in [2.05, 4.69) is 4.90 Å². The maximum Gasteiger partial charge on any atom is 0.177 e. The van der Waals surface area contributed by atoms with Crippen LogP contribution >= 0.6 is 23.7 Å². The standard InChI is InChI=1S/C12H15NOS.ClH/c14-12(11-2-1-7-15-11)10-8-13-5-3-9(10)4-6-13;/h1-2,7,9-10H,3-6,8H2;1H. The number of rotatable bonds is 2. The molecule has 4 heterocycles. The molecule has 1 atom stereocenters. The summed E-state index contributed by atoms with van der Waals surface area (Å²) >= 11 is 1.58. The molecule has 0 aliphatic carbocycles. The number of hydrogen-bond acceptors (Lipinski definition) is 3.